The highest BCUT2D eigenvalue weighted by Gasteiger charge is 2.38. The van der Waals surface area contributed by atoms with Gasteiger partial charge in [-0.1, -0.05) is 20.3 Å². The number of aromatic amines is 1. The molecule has 0 radical (unpaired) electrons. The first kappa shape index (κ1) is 28.2. The molecule has 8 N–H and O–H groups in total. The SMILES string of the molecule is CC(C)CC(NC(=O)C(N)CCCCN)C(=O)NC(Cc1cnc[nH]1)C(=O)N1CCCC1C(=O)O. The summed E-state index contributed by atoms with van der Waals surface area (Å²) in [5.41, 5.74) is 12.1. The molecule has 1 aromatic heterocycles. The van der Waals surface area contributed by atoms with Gasteiger partial charge in [-0.25, -0.2) is 9.78 Å². The summed E-state index contributed by atoms with van der Waals surface area (Å²) in [5.74, 6) is -2.44. The molecule has 0 saturated carbocycles. The number of carbonyl (C=O) groups is 4. The van der Waals surface area contributed by atoms with Gasteiger partial charge >= 0.3 is 5.97 Å². The van der Waals surface area contributed by atoms with Crippen LogP contribution in [0, 0.1) is 5.92 Å². The average molecular weight is 494 g/mol. The van der Waals surface area contributed by atoms with Crippen molar-refractivity contribution in [1.82, 2.24) is 25.5 Å². The van der Waals surface area contributed by atoms with Crippen LogP contribution in [-0.4, -0.2) is 80.9 Å². The second kappa shape index (κ2) is 13.8. The van der Waals surface area contributed by atoms with Crippen LogP contribution >= 0.6 is 0 Å². The van der Waals surface area contributed by atoms with Crippen LogP contribution in [0.25, 0.3) is 0 Å². The Morgan fingerprint density at radius 1 is 1.20 bits per heavy atom. The lowest BCUT2D eigenvalue weighted by molar-refractivity contribution is -0.149. The van der Waals surface area contributed by atoms with Crippen LogP contribution in [0.15, 0.2) is 12.5 Å². The summed E-state index contributed by atoms with van der Waals surface area (Å²) in [7, 11) is 0. The highest BCUT2D eigenvalue weighted by Crippen LogP contribution is 2.19. The molecule has 0 spiro atoms. The zero-order valence-electron chi connectivity index (χ0n) is 20.5. The summed E-state index contributed by atoms with van der Waals surface area (Å²) in [5, 5.41) is 15.0. The van der Waals surface area contributed by atoms with Crippen molar-refractivity contribution in [2.75, 3.05) is 13.1 Å². The predicted octanol–water partition coefficient (Wildman–Crippen LogP) is -0.500. The quantitative estimate of drug-likeness (QED) is 0.186. The van der Waals surface area contributed by atoms with Gasteiger partial charge in [-0.05, 0) is 44.6 Å². The van der Waals surface area contributed by atoms with Crippen molar-refractivity contribution >= 4 is 23.7 Å². The number of carboxylic acid groups (broad SMARTS) is 1. The van der Waals surface area contributed by atoms with E-state index in [1.54, 1.807) is 6.20 Å². The van der Waals surface area contributed by atoms with Gasteiger partial charge in [0, 0.05) is 24.9 Å². The van der Waals surface area contributed by atoms with Crippen molar-refractivity contribution in [1.29, 1.82) is 0 Å². The molecule has 12 heteroatoms. The number of hydrogen-bond donors (Lipinski definition) is 6. The first-order valence-electron chi connectivity index (χ1n) is 12.2. The fourth-order valence-corrected chi connectivity index (χ4v) is 4.20. The molecule has 2 rings (SSSR count). The third-order valence-electron chi connectivity index (χ3n) is 6.06. The van der Waals surface area contributed by atoms with E-state index in [0.29, 0.717) is 50.9 Å². The maximum Gasteiger partial charge on any atom is 0.326 e. The summed E-state index contributed by atoms with van der Waals surface area (Å²) < 4.78 is 0. The lowest BCUT2D eigenvalue weighted by Gasteiger charge is -2.29. The largest absolute Gasteiger partial charge is 0.480 e. The second-order valence-electron chi connectivity index (χ2n) is 9.45. The van der Waals surface area contributed by atoms with Gasteiger partial charge in [0.25, 0.3) is 0 Å². The second-order valence-corrected chi connectivity index (χ2v) is 9.45. The molecule has 0 aromatic carbocycles. The standard InChI is InChI=1S/C23H39N7O5/c1-14(2)10-17(28-20(31)16(25)6-3-4-8-24)21(32)29-18(11-15-12-26-13-27-15)22(33)30-9-5-7-19(30)23(34)35/h12-14,16-19H,3-11,24-25H2,1-2H3,(H,26,27)(H,28,31)(H,29,32)(H,34,35). The van der Waals surface area contributed by atoms with E-state index in [0.717, 1.165) is 6.42 Å². The fraction of sp³-hybridized carbons (Fsp3) is 0.696. The molecule has 1 saturated heterocycles. The number of nitrogens with two attached hydrogens (primary N) is 2. The molecular weight excluding hydrogens is 454 g/mol. The lowest BCUT2D eigenvalue weighted by Crippen LogP contribution is -2.58. The van der Waals surface area contributed by atoms with Crippen LogP contribution in [0.2, 0.25) is 0 Å². The number of likely N-dealkylation sites (tertiary alicyclic amines) is 1. The number of aromatic nitrogens is 2. The minimum Gasteiger partial charge on any atom is -0.480 e. The van der Waals surface area contributed by atoms with Crippen LogP contribution in [0.1, 0.15) is 58.1 Å². The molecular formula is C23H39N7O5. The minimum absolute atomic E-state index is 0.0799. The summed E-state index contributed by atoms with van der Waals surface area (Å²) >= 11 is 0. The van der Waals surface area contributed by atoms with Crippen molar-refractivity contribution in [3.8, 4) is 0 Å². The molecule has 4 atom stereocenters. The lowest BCUT2D eigenvalue weighted by atomic mass is 10.0. The fourth-order valence-electron chi connectivity index (χ4n) is 4.20. The third kappa shape index (κ3) is 8.62. The Morgan fingerprint density at radius 2 is 1.91 bits per heavy atom. The molecule has 12 nitrogen and oxygen atoms in total. The molecule has 1 fully saturated rings. The number of nitrogens with one attached hydrogen (secondary N) is 3. The number of unbranched alkanes of at least 4 members (excludes halogenated alkanes) is 1. The van der Waals surface area contributed by atoms with Crippen LogP contribution in [0.5, 0.6) is 0 Å². The topological polar surface area (TPSA) is 197 Å². The van der Waals surface area contributed by atoms with Gasteiger partial charge in [0.1, 0.15) is 18.1 Å². The smallest absolute Gasteiger partial charge is 0.326 e. The number of imidazole rings is 1. The third-order valence-corrected chi connectivity index (χ3v) is 6.06. The van der Waals surface area contributed by atoms with Gasteiger partial charge in [-0.15, -0.1) is 0 Å². The Balaban J connectivity index is 2.16. The molecule has 35 heavy (non-hydrogen) atoms. The van der Waals surface area contributed by atoms with Gasteiger partial charge in [0.15, 0.2) is 0 Å². The number of hydrogen-bond acceptors (Lipinski definition) is 7. The summed E-state index contributed by atoms with van der Waals surface area (Å²) in [4.78, 5) is 59.0. The Labute approximate surface area is 205 Å². The Kier molecular flexibility index (Phi) is 11.1. The van der Waals surface area contributed by atoms with Crippen molar-refractivity contribution in [3.05, 3.63) is 18.2 Å². The summed E-state index contributed by atoms with van der Waals surface area (Å²) in [6, 6.07) is -3.62. The van der Waals surface area contributed by atoms with Crippen LogP contribution in [0.4, 0.5) is 0 Å². The van der Waals surface area contributed by atoms with Crippen molar-refractivity contribution in [2.45, 2.75) is 83.0 Å². The maximum atomic E-state index is 13.3. The van der Waals surface area contributed by atoms with Crippen molar-refractivity contribution < 1.29 is 24.3 Å². The summed E-state index contributed by atoms with van der Waals surface area (Å²) in [6.07, 6.45) is 6.29. The zero-order valence-corrected chi connectivity index (χ0v) is 20.5. The minimum atomic E-state index is -1.07. The first-order chi connectivity index (χ1) is 16.6. The van der Waals surface area contributed by atoms with Gasteiger partial charge in [-0.3, -0.25) is 14.4 Å². The van der Waals surface area contributed by atoms with E-state index in [4.69, 9.17) is 11.5 Å². The molecule has 1 aliphatic heterocycles. The van der Waals surface area contributed by atoms with Gasteiger partial charge in [0.2, 0.25) is 17.7 Å². The molecule has 1 aromatic rings. The van der Waals surface area contributed by atoms with E-state index in [1.807, 2.05) is 13.8 Å². The van der Waals surface area contributed by atoms with Gasteiger partial charge in [0.05, 0.1) is 12.4 Å². The highest BCUT2D eigenvalue weighted by molar-refractivity contribution is 5.94. The maximum absolute atomic E-state index is 13.3. The van der Waals surface area contributed by atoms with Gasteiger partial charge < -0.3 is 37.1 Å². The van der Waals surface area contributed by atoms with E-state index in [1.165, 1.54) is 11.2 Å². The number of carboxylic acids is 1. The van der Waals surface area contributed by atoms with Crippen molar-refractivity contribution in [3.63, 3.8) is 0 Å². The van der Waals surface area contributed by atoms with E-state index in [-0.39, 0.29) is 12.3 Å². The molecule has 0 bridgehead atoms. The zero-order chi connectivity index (χ0) is 26.0. The van der Waals surface area contributed by atoms with Crippen molar-refractivity contribution in [2.24, 2.45) is 17.4 Å². The van der Waals surface area contributed by atoms with Crippen LogP contribution in [-0.2, 0) is 25.6 Å². The predicted molar refractivity (Wildman–Crippen MR) is 129 cm³/mol. The molecule has 1 aliphatic rings. The van der Waals surface area contributed by atoms with Gasteiger partial charge in [-0.2, -0.15) is 0 Å². The Hall–Kier alpha value is -2.99. The Morgan fingerprint density at radius 3 is 2.51 bits per heavy atom. The van der Waals surface area contributed by atoms with E-state index in [2.05, 4.69) is 20.6 Å². The number of aliphatic carboxylic acids is 1. The molecule has 196 valence electrons. The monoisotopic (exact) mass is 493 g/mol. The van der Waals surface area contributed by atoms with Crippen LogP contribution in [0.3, 0.4) is 0 Å². The van der Waals surface area contributed by atoms with E-state index in [9.17, 15) is 24.3 Å². The van der Waals surface area contributed by atoms with E-state index >= 15 is 0 Å². The molecule has 4 unspecified atom stereocenters. The number of H-pyrrole nitrogens is 1. The highest BCUT2D eigenvalue weighted by atomic mass is 16.4. The number of carbonyl (C=O) groups excluding carboxylic acids is 3. The molecule has 2 heterocycles. The molecule has 0 aliphatic carbocycles. The first-order valence-corrected chi connectivity index (χ1v) is 12.2. The summed E-state index contributed by atoms with van der Waals surface area (Å²) in [6.45, 7) is 4.65. The number of nitrogens with zero attached hydrogens (tertiary/aromatic N) is 2. The number of amides is 3. The normalized spacial score (nSPS) is 18.2. The molecule has 3 amide bonds. The van der Waals surface area contributed by atoms with Crippen LogP contribution < -0.4 is 22.1 Å². The number of rotatable bonds is 14. The van der Waals surface area contributed by atoms with E-state index < -0.39 is 47.9 Å². The average Bonchev–Trinajstić information content (AvgIpc) is 3.49. The Bertz CT molecular complexity index is 845.